The molecule has 0 aromatic carbocycles. The van der Waals surface area contributed by atoms with E-state index in [2.05, 4.69) is 0 Å². The van der Waals surface area contributed by atoms with Gasteiger partial charge in [-0.3, -0.25) is 0 Å². The number of thioether (sulfide) groups is 1. The molecule has 0 saturated carbocycles. The summed E-state index contributed by atoms with van der Waals surface area (Å²) < 4.78 is 24.3. The van der Waals surface area contributed by atoms with Crippen LogP contribution in [-0.2, 0) is 10.0 Å². The summed E-state index contributed by atoms with van der Waals surface area (Å²) >= 11 is 1.57. The molecule has 2 N–H and O–H groups in total. The van der Waals surface area contributed by atoms with Crippen molar-refractivity contribution in [1.82, 2.24) is 4.31 Å². The topological polar surface area (TPSA) is 77.8 Å². The fraction of sp³-hybridized carbons (Fsp3) is 1.00. The maximum Gasteiger partial charge on any atom is 0.211 e. The van der Waals surface area contributed by atoms with E-state index in [0.29, 0.717) is 24.8 Å². The van der Waals surface area contributed by atoms with Crippen LogP contribution in [0.15, 0.2) is 0 Å². The highest BCUT2D eigenvalue weighted by molar-refractivity contribution is 7.99. The molecule has 1 saturated heterocycles. The highest BCUT2D eigenvalue weighted by Gasteiger charge is 2.25. The van der Waals surface area contributed by atoms with Crippen molar-refractivity contribution in [3.8, 4) is 0 Å². The fourth-order valence-electron chi connectivity index (χ4n) is 1.89. The highest BCUT2D eigenvalue weighted by atomic mass is 32.2. The van der Waals surface area contributed by atoms with Crippen LogP contribution in [0, 0.1) is 5.92 Å². The van der Waals surface area contributed by atoms with Crippen LogP contribution in [-0.4, -0.2) is 66.5 Å². The molecule has 0 bridgehead atoms. The first kappa shape index (κ1) is 15.2. The molecular formula is C10H21NO4S2. The Morgan fingerprint density at radius 2 is 2.24 bits per heavy atom. The Bertz CT molecular complexity index is 320. The zero-order valence-electron chi connectivity index (χ0n) is 10.1. The molecule has 17 heavy (non-hydrogen) atoms. The number of aliphatic hydroxyl groups excluding tert-OH is 2. The van der Waals surface area contributed by atoms with E-state index in [1.54, 1.807) is 11.8 Å². The summed E-state index contributed by atoms with van der Waals surface area (Å²) in [5.41, 5.74) is 0. The van der Waals surface area contributed by atoms with Crippen molar-refractivity contribution in [2.75, 3.05) is 37.5 Å². The molecule has 0 aromatic heterocycles. The molecule has 0 spiro atoms. The van der Waals surface area contributed by atoms with Gasteiger partial charge in [0.15, 0.2) is 0 Å². The molecule has 1 aliphatic heterocycles. The van der Waals surface area contributed by atoms with Gasteiger partial charge >= 0.3 is 0 Å². The number of aliphatic hydroxyl groups is 2. The van der Waals surface area contributed by atoms with Crippen LogP contribution in [0.1, 0.15) is 12.8 Å². The summed E-state index contributed by atoms with van der Waals surface area (Å²) in [4.78, 5) is 0. The zero-order valence-corrected chi connectivity index (χ0v) is 11.7. The lowest BCUT2D eigenvalue weighted by molar-refractivity contribution is 0.113. The summed E-state index contributed by atoms with van der Waals surface area (Å²) in [7, 11) is -3.07. The smallest absolute Gasteiger partial charge is 0.211 e. The first-order valence-corrected chi connectivity index (χ1v) is 8.75. The van der Waals surface area contributed by atoms with E-state index in [4.69, 9.17) is 5.11 Å². The van der Waals surface area contributed by atoms with Crippen LogP contribution < -0.4 is 0 Å². The molecule has 102 valence electrons. The summed E-state index contributed by atoms with van der Waals surface area (Å²) in [6.07, 6.45) is 2.52. The molecular weight excluding hydrogens is 262 g/mol. The lowest BCUT2D eigenvalue weighted by Crippen LogP contribution is -2.40. The van der Waals surface area contributed by atoms with Crippen molar-refractivity contribution in [2.45, 2.75) is 18.9 Å². The number of sulfonamides is 1. The number of piperidine rings is 1. The van der Waals surface area contributed by atoms with E-state index in [9.17, 15) is 13.5 Å². The maximum absolute atomic E-state index is 11.4. The van der Waals surface area contributed by atoms with E-state index in [1.165, 1.54) is 10.6 Å². The Balaban J connectivity index is 2.30. The molecule has 0 aromatic rings. The van der Waals surface area contributed by atoms with Crippen LogP contribution in [0.4, 0.5) is 0 Å². The molecule has 0 amide bonds. The van der Waals surface area contributed by atoms with Crippen LogP contribution in [0.2, 0.25) is 0 Å². The van der Waals surface area contributed by atoms with E-state index in [-0.39, 0.29) is 6.61 Å². The van der Waals surface area contributed by atoms with E-state index in [0.717, 1.165) is 18.6 Å². The van der Waals surface area contributed by atoms with Gasteiger partial charge in [-0.25, -0.2) is 12.7 Å². The molecule has 5 nitrogen and oxygen atoms in total. The van der Waals surface area contributed by atoms with Crippen LogP contribution in [0.5, 0.6) is 0 Å². The Hall–Kier alpha value is 0.180. The zero-order chi connectivity index (χ0) is 12.9. The summed E-state index contributed by atoms with van der Waals surface area (Å²) in [5, 5.41) is 17.9. The molecule has 1 heterocycles. The molecule has 2 unspecified atom stereocenters. The molecule has 0 radical (unpaired) electrons. The van der Waals surface area contributed by atoms with Gasteiger partial charge in [0.25, 0.3) is 0 Å². The monoisotopic (exact) mass is 283 g/mol. The second-order valence-electron chi connectivity index (χ2n) is 4.50. The van der Waals surface area contributed by atoms with E-state index in [1.807, 2.05) is 0 Å². The van der Waals surface area contributed by atoms with Crippen molar-refractivity contribution in [1.29, 1.82) is 0 Å². The Kier molecular flexibility index (Phi) is 6.22. The lowest BCUT2D eigenvalue weighted by Gasteiger charge is -2.30. The standard InChI is InChI=1S/C10H21NO4S2/c1-17(14,15)11-4-2-3-9(5-11)7-16-8-10(13)6-12/h9-10,12-13H,2-8H2,1H3. The third kappa shape index (κ3) is 5.56. The summed E-state index contributed by atoms with van der Waals surface area (Å²) in [6, 6.07) is 0. The van der Waals surface area contributed by atoms with Crippen molar-refractivity contribution in [3.63, 3.8) is 0 Å². The third-order valence-electron chi connectivity index (χ3n) is 2.83. The average Bonchev–Trinajstić information content (AvgIpc) is 2.28. The predicted molar refractivity (Wildman–Crippen MR) is 69.6 cm³/mol. The quantitative estimate of drug-likeness (QED) is 0.702. The normalized spacial score (nSPS) is 24.8. The van der Waals surface area contributed by atoms with Gasteiger partial charge in [0.05, 0.1) is 19.0 Å². The first-order chi connectivity index (χ1) is 7.93. The van der Waals surface area contributed by atoms with Gasteiger partial charge in [-0.05, 0) is 24.5 Å². The summed E-state index contributed by atoms with van der Waals surface area (Å²) in [6.45, 7) is 0.994. The second kappa shape index (κ2) is 6.94. The van der Waals surface area contributed by atoms with Gasteiger partial charge in [0.1, 0.15) is 0 Å². The largest absolute Gasteiger partial charge is 0.394 e. The van der Waals surface area contributed by atoms with Gasteiger partial charge in [-0.2, -0.15) is 11.8 Å². The number of hydrogen-bond donors (Lipinski definition) is 2. The van der Waals surface area contributed by atoms with Crippen molar-refractivity contribution < 1.29 is 18.6 Å². The van der Waals surface area contributed by atoms with Crippen LogP contribution in [0.3, 0.4) is 0 Å². The minimum absolute atomic E-state index is 0.215. The van der Waals surface area contributed by atoms with Crippen molar-refractivity contribution in [3.05, 3.63) is 0 Å². The molecule has 1 aliphatic rings. The minimum atomic E-state index is -3.07. The summed E-state index contributed by atoms with van der Waals surface area (Å²) in [5.74, 6) is 1.70. The van der Waals surface area contributed by atoms with Gasteiger partial charge in [0.2, 0.25) is 10.0 Å². The Labute approximate surface area is 107 Å². The average molecular weight is 283 g/mol. The maximum atomic E-state index is 11.4. The van der Waals surface area contributed by atoms with Gasteiger partial charge in [-0.15, -0.1) is 0 Å². The number of nitrogens with zero attached hydrogens (tertiary/aromatic N) is 1. The highest BCUT2D eigenvalue weighted by Crippen LogP contribution is 2.22. The molecule has 2 atom stereocenters. The van der Waals surface area contributed by atoms with E-state index < -0.39 is 16.1 Å². The van der Waals surface area contributed by atoms with Crippen molar-refractivity contribution in [2.24, 2.45) is 5.92 Å². The predicted octanol–water partition coefficient (Wildman–Crippen LogP) is -0.256. The first-order valence-electron chi connectivity index (χ1n) is 5.75. The van der Waals surface area contributed by atoms with Gasteiger partial charge in [-0.1, -0.05) is 0 Å². The molecule has 1 fully saturated rings. The van der Waals surface area contributed by atoms with Gasteiger partial charge in [0, 0.05) is 18.8 Å². The Morgan fingerprint density at radius 1 is 1.53 bits per heavy atom. The van der Waals surface area contributed by atoms with Crippen molar-refractivity contribution >= 4 is 21.8 Å². The number of rotatable bonds is 6. The molecule has 1 rings (SSSR count). The minimum Gasteiger partial charge on any atom is -0.394 e. The van der Waals surface area contributed by atoms with Crippen LogP contribution >= 0.6 is 11.8 Å². The Morgan fingerprint density at radius 3 is 2.82 bits per heavy atom. The van der Waals surface area contributed by atoms with Gasteiger partial charge < -0.3 is 10.2 Å². The van der Waals surface area contributed by atoms with Crippen LogP contribution in [0.25, 0.3) is 0 Å². The lowest BCUT2D eigenvalue weighted by atomic mass is 10.0. The second-order valence-corrected chi connectivity index (χ2v) is 7.56. The molecule has 0 aliphatic carbocycles. The third-order valence-corrected chi connectivity index (χ3v) is 5.42. The molecule has 7 heteroatoms. The fourth-order valence-corrected chi connectivity index (χ4v) is 3.95. The number of hydrogen-bond acceptors (Lipinski definition) is 5. The SMILES string of the molecule is CS(=O)(=O)N1CCCC(CSCC(O)CO)C1. The van der Waals surface area contributed by atoms with E-state index >= 15 is 0 Å².